The van der Waals surface area contributed by atoms with Crippen LogP contribution in [0, 0.1) is 0 Å². The van der Waals surface area contributed by atoms with Crippen LogP contribution < -0.4 is 0 Å². The van der Waals surface area contributed by atoms with E-state index in [9.17, 15) is 0 Å². The summed E-state index contributed by atoms with van der Waals surface area (Å²) in [4.78, 5) is 2.38. The zero-order valence-corrected chi connectivity index (χ0v) is 12.5. The van der Waals surface area contributed by atoms with Crippen molar-refractivity contribution in [2.75, 3.05) is 7.05 Å². The third kappa shape index (κ3) is 4.16. The number of benzene rings is 1. The molecule has 96 valence electrons. The van der Waals surface area contributed by atoms with Crippen molar-refractivity contribution in [2.24, 2.45) is 0 Å². The lowest BCUT2D eigenvalue weighted by molar-refractivity contribution is 0.167. The summed E-state index contributed by atoms with van der Waals surface area (Å²) in [5, 5.41) is 0. The molecular formula is C16H27N. The zero-order chi connectivity index (χ0) is 13.3. The molecule has 1 rings (SSSR count). The summed E-state index contributed by atoms with van der Waals surface area (Å²) in [6, 6.07) is 8.95. The molecule has 0 radical (unpaired) electrons. The van der Waals surface area contributed by atoms with Gasteiger partial charge in [-0.05, 0) is 44.4 Å². The molecule has 0 saturated carbocycles. The Morgan fingerprint density at radius 3 is 2.06 bits per heavy atom. The molecule has 0 atom stereocenters. The van der Waals surface area contributed by atoms with E-state index in [1.54, 1.807) is 0 Å². The zero-order valence-electron chi connectivity index (χ0n) is 12.5. The van der Waals surface area contributed by atoms with E-state index in [0.29, 0.717) is 0 Å². The van der Waals surface area contributed by atoms with Crippen molar-refractivity contribution < 1.29 is 0 Å². The van der Waals surface area contributed by atoms with Gasteiger partial charge in [-0.15, -0.1) is 0 Å². The van der Waals surface area contributed by atoms with Gasteiger partial charge in [0.25, 0.3) is 0 Å². The highest BCUT2D eigenvalue weighted by Gasteiger charge is 2.18. The normalized spacial score (nSPS) is 13.2. The summed E-state index contributed by atoms with van der Waals surface area (Å²) < 4.78 is 0. The maximum atomic E-state index is 2.38. The minimum absolute atomic E-state index is 0.220. The first-order chi connectivity index (χ1) is 7.60. The Balaban J connectivity index is 2.87. The Labute approximate surface area is 107 Å². The maximum absolute atomic E-state index is 2.38. The molecule has 0 aliphatic carbocycles. The second kappa shape index (κ2) is 4.81. The average Bonchev–Trinajstić information content (AvgIpc) is 2.15. The largest absolute Gasteiger partial charge is 0.297 e. The lowest BCUT2D eigenvalue weighted by atomic mass is 9.86. The molecule has 0 aliphatic heterocycles. The molecular weight excluding hydrogens is 206 g/mol. The van der Waals surface area contributed by atoms with E-state index < -0.39 is 0 Å². The van der Waals surface area contributed by atoms with Gasteiger partial charge in [-0.3, -0.25) is 4.90 Å². The van der Waals surface area contributed by atoms with Gasteiger partial charge in [0.2, 0.25) is 0 Å². The summed E-state index contributed by atoms with van der Waals surface area (Å²) in [7, 11) is 2.18. The number of rotatable bonds is 2. The van der Waals surface area contributed by atoms with Gasteiger partial charge in [0, 0.05) is 12.1 Å². The highest BCUT2D eigenvalue weighted by molar-refractivity contribution is 5.28. The molecule has 0 spiro atoms. The SMILES string of the molecule is CN(Cc1cccc(C(C)(C)C)c1)C(C)(C)C. The van der Waals surface area contributed by atoms with Crippen LogP contribution in [-0.4, -0.2) is 17.5 Å². The topological polar surface area (TPSA) is 3.24 Å². The molecule has 17 heavy (non-hydrogen) atoms. The monoisotopic (exact) mass is 233 g/mol. The van der Waals surface area contributed by atoms with Gasteiger partial charge in [0.1, 0.15) is 0 Å². The third-order valence-electron chi connectivity index (χ3n) is 3.36. The summed E-state index contributed by atoms with van der Waals surface area (Å²) in [5.41, 5.74) is 3.26. The molecule has 1 heteroatoms. The van der Waals surface area contributed by atoms with Gasteiger partial charge in [0.15, 0.2) is 0 Å². The van der Waals surface area contributed by atoms with Crippen molar-refractivity contribution in [3.63, 3.8) is 0 Å². The van der Waals surface area contributed by atoms with Crippen LogP contribution >= 0.6 is 0 Å². The molecule has 0 fully saturated rings. The van der Waals surface area contributed by atoms with Crippen molar-refractivity contribution in [1.29, 1.82) is 0 Å². The summed E-state index contributed by atoms with van der Waals surface area (Å²) >= 11 is 0. The number of hydrogen-bond donors (Lipinski definition) is 0. The third-order valence-corrected chi connectivity index (χ3v) is 3.36. The van der Waals surface area contributed by atoms with E-state index in [4.69, 9.17) is 0 Å². The fourth-order valence-corrected chi connectivity index (χ4v) is 1.65. The van der Waals surface area contributed by atoms with Crippen LogP contribution in [0.15, 0.2) is 24.3 Å². The summed E-state index contributed by atoms with van der Waals surface area (Å²) in [6.45, 7) is 14.5. The van der Waals surface area contributed by atoms with Crippen LogP contribution in [0.1, 0.15) is 52.7 Å². The Kier molecular flexibility index (Phi) is 4.03. The van der Waals surface area contributed by atoms with Gasteiger partial charge in [-0.1, -0.05) is 45.0 Å². The van der Waals surface area contributed by atoms with Gasteiger partial charge in [0.05, 0.1) is 0 Å². The Morgan fingerprint density at radius 2 is 1.59 bits per heavy atom. The number of hydrogen-bond acceptors (Lipinski definition) is 1. The lowest BCUT2D eigenvalue weighted by Crippen LogP contribution is -2.37. The quantitative estimate of drug-likeness (QED) is 0.739. The second-order valence-corrected chi connectivity index (χ2v) is 6.98. The molecule has 0 amide bonds. The Hall–Kier alpha value is -0.820. The maximum Gasteiger partial charge on any atom is 0.0235 e. The first-order valence-corrected chi connectivity index (χ1v) is 6.41. The van der Waals surface area contributed by atoms with Crippen molar-refractivity contribution in [2.45, 2.75) is 59.0 Å². The van der Waals surface area contributed by atoms with Crippen LogP contribution in [-0.2, 0) is 12.0 Å². The number of nitrogens with zero attached hydrogens (tertiary/aromatic N) is 1. The average molecular weight is 233 g/mol. The van der Waals surface area contributed by atoms with Crippen LogP contribution in [0.3, 0.4) is 0 Å². The van der Waals surface area contributed by atoms with Crippen LogP contribution in [0.4, 0.5) is 0 Å². The molecule has 0 N–H and O–H groups in total. The van der Waals surface area contributed by atoms with Crippen LogP contribution in [0.25, 0.3) is 0 Å². The lowest BCUT2D eigenvalue weighted by Gasteiger charge is -2.32. The van der Waals surface area contributed by atoms with Crippen molar-refractivity contribution >= 4 is 0 Å². The predicted octanol–water partition coefficient (Wildman–Crippen LogP) is 4.21. The van der Waals surface area contributed by atoms with Gasteiger partial charge in [-0.25, -0.2) is 0 Å². The second-order valence-electron chi connectivity index (χ2n) is 6.98. The van der Waals surface area contributed by atoms with E-state index in [0.717, 1.165) is 6.54 Å². The van der Waals surface area contributed by atoms with Crippen molar-refractivity contribution in [3.8, 4) is 0 Å². The van der Waals surface area contributed by atoms with Crippen LogP contribution in [0.2, 0.25) is 0 Å². The molecule has 0 bridgehead atoms. The standard InChI is InChI=1S/C16H27N/c1-15(2,3)14-10-8-9-13(11-14)12-17(7)16(4,5)6/h8-11H,12H2,1-7H3. The van der Waals surface area contributed by atoms with E-state index in [-0.39, 0.29) is 11.0 Å². The van der Waals surface area contributed by atoms with E-state index in [2.05, 4.69) is 77.8 Å². The Morgan fingerprint density at radius 1 is 1.00 bits per heavy atom. The first-order valence-electron chi connectivity index (χ1n) is 6.41. The van der Waals surface area contributed by atoms with E-state index in [1.807, 2.05) is 0 Å². The fourth-order valence-electron chi connectivity index (χ4n) is 1.65. The molecule has 0 saturated heterocycles. The van der Waals surface area contributed by atoms with Gasteiger partial charge in [-0.2, -0.15) is 0 Å². The van der Waals surface area contributed by atoms with E-state index in [1.165, 1.54) is 11.1 Å². The van der Waals surface area contributed by atoms with Gasteiger partial charge >= 0.3 is 0 Å². The summed E-state index contributed by atoms with van der Waals surface area (Å²) in [5.74, 6) is 0. The van der Waals surface area contributed by atoms with Crippen LogP contribution in [0.5, 0.6) is 0 Å². The Bertz CT molecular complexity index is 366. The van der Waals surface area contributed by atoms with Gasteiger partial charge < -0.3 is 0 Å². The minimum Gasteiger partial charge on any atom is -0.297 e. The van der Waals surface area contributed by atoms with Crippen molar-refractivity contribution in [1.82, 2.24) is 4.90 Å². The molecule has 1 aromatic rings. The molecule has 0 aliphatic rings. The fraction of sp³-hybridized carbons (Fsp3) is 0.625. The molecule has 0 heterocycles. The highest BCUT2D eigenvalue weighted by atomic mass is 15.1. The molecule has 0 unspecified atom stereocenters. The molecule has 1 aromatic carbocycles. The molecule has 0 aromatic heterocycles. The first kappa shape index (κ1) is 14.2. The minimum atomic E-state index is 0.220. The molecule has 1 nitrogen and oxygen atoms in total. The van der Waals surface area contributed by atoms with Crippen molar-refractivity contribution in [3.05, 3.63) is 35.4 Å². The highest BCUT2D eigenvalue weighted by Crippen LogP contribution is 2.24. The smallest absolute Gasteiger partial charge is 0.0235 e. The van der Waals surface area contributed by atoms with E-state index >= 15 is 0 Å². The summed E-state index contributed by atoms with van der Waals surface area (Å²) in [6.07, 6.45) is 0. The predicted molar refractivity (Wildman–Crippen MR) is 76.4 cm³/mol.